The van der Waals surface area contributed by atoms with Crippen molar-refractivity contribution in [3.63, 3.8) is 0 Å². The molecule has 0 radical (unpaired) electrons. The fraction of sp³-hybridized carbons (Fsp3) is 0.625. The first-order valence-corrected chi connectivity index (χ1v) is 8.35. The molecule has 0 saturated carbocycles. The highest BCUT2D eigenvalue weighted by molar-refractivity contribution is 9.10. The predicted octanol–water partition coefficient (Wildman–Crippen LogP) is 2.80. The van der Waals surface area contributed by atoms with Gasteiger partial charge in [0.25, 0.3) is 0 Å². The van der Waals surface area contributed by atoms with E-state index in [1.165, 1.54) is 10.0 Å². The van der Waals surface area contributed by atoms with Gasteiger partial charge in [0.15, 0.2) is 0 Å². The molecular formula is C16H25BrN2O. The maximum absolute atomic E-state index is 9.21. The molecule has 20 heavy (non-hydrogen) atoms. The zero-order valence-electron chi connectivity index (χ0n) is 12.2. The molecule has 1 aliphatic heterocycles. The first-order chi connectivity index (χ1) is 9.74. The molecule has 3 nitrogen and oxygen atoms in total. The summed E-state index contributed by atoms with van der Waals surface area (Å²) in [5, 5.41) is 12.8. The lowest BCUT2D eigenvalue weighted by atomic mass is 10.0. The molecule has 2 unspecified atom stereocenters. The van der Waals surface area contributed by atoms with Crippen LogP contribution in [-0.2, 0) is 0 Å². The molecule has 0 bridgehead atoms. The second kappa shape index (κ2) is 8.13. The fourth-order valence-corrected chi connectivity index (χ4v) is 3.51. The van der Waals surface area contributed by atoms with Gasteiger partial charge < -0.3 is 15.3 Å². The van der Waals surface area contributed by atoms with E-state index in [1.807, 2.05) is 0 Å². The quantitative estimate of drug-likeness (QED) is 0.801. The Bertz CT molecular complexity index is 413. The molecule has 1 aliphatic rings. The average Bonchev–Trinajstić information content (AvgIpc) is 2.92. The highest BCUT2D eigenvalue weighted by Crippen LogP contribution is 2.26. The lowest BCUT2D eigenvalue weighted by Gasteiger charge is -2.23. The summed E-state index contributed by atoms with van der Waals surface area (Å²) in [7, 11) is 0. The highest BCUT2D eigenvalue weighted by Gasteiger charge is 2.22. The third kappa shape index (κ3) is 4.29. The Labute approximate surface area is 130 Å². The van der Waals surface area contributed by atoms with E-state index in [-0.39, 0.29) is 0 Å². The van der Waals surface area contributed by atoms with Crippen LogP contribution in [-0.4, -0.2) is 42.8 Å². The Morgan fingerprint density at radius 1 is 1.45 bits per heavy atom. The molecule has 1 saturated heterocycles. The summed E-state index contributed by atoms with van der Waals surface area (Å²) in [4.78, 5) is 2.47. The van der Waals surface area contributed by atoms with Crippen LogP contribution < -0.4 is 5.32 Å². The van der Waals surface area contributed by atoms with Crippen LogP contribution in [0.25, 0.3) is 0 Å². The number of halogens is 1. The number of likely N-dealkylation sites (tertiary alicyclic amines) is 1. The molecule has 1 aromatic carbocycles. The van der Waals surface area contributed by atoms with Crippen LogP contribution >= 0.6 is 15.9 Å². The third-order valence-electron chi connectivity index (χ3n) is 4.09. The van der Waals surface area contributed by atoms with E-state index in [4.69, 9.17) is 0 Å². The van der Waals surface area contributed by atoms with E-state index in [0.717, 1.165) is 39.0 Å². The largest absolute Gasteiger partial charge is 0.396 e. The Morgan fingerprint density at radius 3 is 2.90 bits per heavy atom. The van der Waals surface area contributed by atoms with Gasteiger partial charge in [-0.2, -0.15) is 0 Å². The van der Waals surface area contributed by atoms with Gasteiger partial charge >= 0.3 is 0 Å². The number of aliphatic hydroxyl groups excluding tert-OH is 1. The zero-order chi connectivity index (χ0) is 14.4. The molecule has 1 aromatic rings. The Morgan fingerprint density at radius 2 is 2.25 bits per heavy atom. The monoisotopic (exact) mass is 340 g/mol. The van der Waals surface area contributed by atoms with Crippen molar-refractivity contribution in [1.29, 1.82) is 0 Å². The van der Waals surface area contributed by atoms with Crippen molar-refractivity contribution in [2.45, 2.75) is 25.8 Å². The fourth-order valence-electron chi connectivity index (χ4n) is 2.95. The van der Waals surface area contributed by atoms with Gasteiger partial charge in [0, 0.05) is 23.7 Å². The molecule has 0 aromatic heterocycles. The number of benzene rings is 1. The standard InChI is InChI=1S/C16H25BrN2O/c1-2-18-16(14-5-3-4-6-15(14)17)8-10-19-9-7-13(11-19)12-20/h3-6,13,16,18,20H,2,7-12H2,1H3. The predicted molar refractivity (Wildman–Crippen MR) is 86.8 cm³/mol. The Balaban J connectivity index is 1.92. The van der Waals surface area contributed by atoms with Gasteiger partial charge in [0.1, 0.15) is 0 Å². The van der Waals surface area contributed by atoms with Crippen molar-refractivity contribution in [2.75, 3.05) is 32.8 Å². The number of aliphatic hydroxyl groups is 1. The van der Waals surface area contributed by atoms with Crippen molar-refractivity contribution >= 4 is 15.9 Å². The number of nitrogens with one attached hydrogen (secondary N) is 1. The summed E-state index contributed by atoms with van der Waals surface area (Å²) in [6.45, 7) is 6.73. The molecule has 1 fully saturated rings. The summed E-state index contributed by atoms with van der Waals surface area (Å²) in [5.41, 5.74) is 1.34. The SMILES string of the molecule is CCNC(CCN1CCC(CO)C1)c1ccccc1Br. The molecule has 112 valence electrons. The first-order valence-electron chi connectivity index (χ1n) is 7.55. The van der Waals surface area contributed by atoms with Crippen LogP contribution in [0.2, 0.25) is 0 Å². The van der Waals surface area contributed by atoms with E-state index >= 15 is 0 Å². The summed E-state index contributed by atoms with van der Waals surface area (Å²) in [6, 6.07) is 8.85. The third-order valence-corrected chi connectivity index (χ3v) is 4.82. The van der Waals surface area contributed by atoms with Gasteiger partial charge in [-0.05, 0) is 50.0 Å². The van der Waals surface area contributed by atoms with Gasteiger partial charge in [0.2, 0.25) is 0 Å². The van der Waals surface area contributed by atoms with Crippen LogP contribution in [0.1, 0.15) is 31.4 Å². The summed E-state index contributed by atoms with van der Waals surface area (Å²) < 4.78 is 1.18. The topological polar surface area (TPSA) is 35.5 Å². The normalized spacial score (nSPS) is 21.2. The zero-order valence-corrected chi connectivity index (χ0v) is 13.8. The van der Waals surface area contributed by atoms with Gasteiger partial charge in [-0.3, -0.25) is 0 Å². The lowest BCUT2D eigenvalue weighted by molar-refractivity contribution is 0.219. The van der Waals surface area contributed by atoms with Gasteiger partial charge in [-0.15, -0.1) is 0 Å². The molecule has 0 amide bonds. The Kier molecular flexibility index (Phi) is 6.49. The minimum atomic E-state index is 0.331. The van der Waals surface area contributed by atoms with Gasteiger partial charge in [-0.1, -0.05) is 41.1 Å². The highest BCUT2D eigenvalue weighted by atomic mass is 79.9. The number of rotatable bonds is 7. The van der Waals surface area contributed by atoms with Crippen LogP contribution in [0.5, 0.6) is 0 Å². The van der Waals surface area contributed by atoms with E-state index in [2.05, 4.69) is 57.3 Å². The molecule has 2 rings (SSSR count). The van der Waals surface area contributed by atoms with Gasteiger partial charge in [-0.25, -0.2) is 0 Å². The van der Waals surface area contributed by atoms with Crippen LogP contribution in [0.15, 0.2) is 28.7 Å². The van der Waals surface area contributed by atoms with Crippen LogP contribution in [0.4, 0.5) is 0 Å². The smallest absolute Gasteiger partial charge is 0.0471 e. The number of hydrogen-bond donors (Lipinski definition) is 2. The molecule has 0 spiro atoms. The second-order valence-electron chi connectivity index (χ2n) is 5.56. The second-order valence-corrected chi connectivity index (χ2v) is 6.41. The maximum Gasteiger partial charge on any atom is 0.0471 e. The number of nitrogens with zero attached hydrogens (tertiary/aromatic N) is 1. The minimum absolute atomic E-state index is 0.331. The minimum Gasteiger partial charge on any atom is -0.396 e. The molecule has 4 heteroatoms. The maximum atomic E-state index is 9.21. The molecular weight excluding hydrogens is 316 g/mol. The van der Waals surface area contributed by atoms with Gasteiger partial charge in [0.05, 0.1) is 0 Å². The summed E-state index contributed by atoms with van der Waals surface area (Å²) in [6.07, 6.45) is 2.24. The van der Waals surface area contributed by atoms with E-state index in [1.54, 1.807) is 0 Å². The van der Waals surface area contributed by atoms with Crippen molar-refractivity contribution in [3.8, 4) is 0 Å². The lowest BCUT2D eigenvalue weighted by Crippen LogP contribution is -2.28. The molecule has 1 heterocycles. The molecule has 0 aliphatic carbocycles. The summed E-state index contributed by atoms with van der Waals surface area (Å²) in [5.74, 6) is 0.482. The number of hydrogen-bond acceptors (Lipinski definition) is 3. The molecule has 2 N–H and O–H groups in total. The van der Waals surface area contributed by atoms with E-state index in [9.17, 15) is 5.11 Å². The van der Waals surface area contributed by atoms with Crippen molar-refractivity contribution in [2.24, 2.45) is 5.92 Å². The average molecular weight is 341 g/mol. The summed E-state index contributed by atoms with van der Waals surface area (Å²) >= 11 is 3.65. The van der Waals surface area contributed by atoms with Crippen molar-refractivity contribution in [1.82, 2.24) is 10.2 Å². The van der Waals surface area contributed by atoms with Crippen LogP contribution in [0.3, 0.4) is 0 Å². The van der Waals surface area contributed by atoms with Crippen molar-refractivity contribution < 1.29 is 5.11 Å². The van der Waals surface area contributed by atoms with E-state index < -0.39 is 0 Å². The van der Waals surface area contributed by atoms with Crippen LogP contribution in [0, 0.1) is 5.92 Å². The Hall–Kier alpha value is -0.420. The van der Waals surface area contributed by atoms with Crippen molar-refractivity contribution in [3.05, 3.63) is 34.3 Å². The molecule has 2 atom stereocenters. The first kappa shape index (κ1) is 16.0. The van der Waals surface area contributed by atoms with E-state index in [0.29, 0.717) is 18.6 Å².